The first-order valence-corrected chi connectivity index (χ1v) is 16.9. The summed E-state index contributed by atoms with van der Waals surface area (Å²) >= 11 is 1.68. The number of hydrogen-bond acceptors (Lipinski definition) is 5. The zero-order valence-electron chi connectivity index (χ0n) is 26.9. The second-order valence-corrected chi connectivity index (χ2v) is 12.1. The fourth-order valence-corrected chi connectivity index (χ4v) is 5.70. The normalized spacial score (nSPS) is 11.2. The van der Waals surface area contributed by atoms with Gasteiger partial charge in [0.15, 0.2) is 5.75 Å². The summed E-state index contributed by atoms with van der Waals surface area (Å²) in [5.74, 6) is 0.0986. The van der Waals surface area contributed by atoms with Crippen molar-refractivity contribution >= 4 is 29.3 Å². The lowest BCUT2D eigenvalue weighted by Crippen LogP contribution is -2.32. The predicted molar refractivity (Wildman–Crippen MR) is 188 cm³/mol. The minimum absolute atomic E-state index is 0.0512. The monoisotopic (exact) mass is 683 g/mol. The molecular weight excluding hydrogens is 648 g/mol. The summed E-state index contributed by atoms with van der Waals surface area (Å²) in [6.45, 7) is 0.219. The van der Waals surface area contributed by atoms with Gasteiger partial charge < -0.3 is 20.7 Å². The van der Waals surface area contributed by atoms with Gasteiger partial charge in [-0.1, -0.05) is 78.9 Å². The van der Waals surface area contributed by atoms with E-state index >= 15 is 0 Å². The molecule has 5 aromatic rings. The number of alkyl halides is 3. The number of rotatable bonds is 13. The largest absolute Gasteiger partial charge is 0.455 e. The van der Waals surface area contributed by atoms with Crippen LogP contribution in [0, 0.1) is 0 Å². The summed E-state index contributed by atoms with van der Waals surface area (Å²) in [5.41, 5.74) is 9.30. The first-order valence-electron chi connectivity index (χ1n) is 15.7. The molecule has 5 rings (SSSR count). The molecule has 0 radical (unpaired) electrons. The number of nitrogens with zero attached hydrogens (tertiary/aromatic N) is 1. The summed E-state index contributed by atoms with van der Waals surface area (Å²) in [4.78, 5) is 29.4. The van der Waals surface area contributed by atoms with E-state index in [1.807, 2.05) is 48.7 Å². The Kier molecular flexibility index (Phi) is 11.8. The van der Waals surface area contributed by atoms with Crippen molar-refractivity contribution in [2.24, 2.45) is 5.73 Å². The first-order chi connectivity index (χ1) is 23.6. The molecule has 2 amide bonds. The Morgan fingerprint density at radius 1 is 0.796 bits per heavy atom. The quantitative estimate of drug-likeness (QED) is 0.121. The van der Waals surface area contributed by atoms with E-state index in [-0.39, 0.29) is 37.4 Å². The number of carbonyl (C=O) groups is 2. The van der Waals surface area contributed by atoms with Crippen LogP contribution in [-0.4, -0.2) is 18.1 Å². The topological polar surface area (TPSA) is 84.7 Å². The number of benzene rings is 5. The summed E-state index contributed by atoms with van der Waals surface area (Å²) < 4.78 is 46.5. The van der Waals surface area contributed by atoms with Crippen molar-refractivity contribution in [1.29, 1.82) is 0 Å². The summed E-state index contributed by atoms with van der Waals surface area (Å²) in [6, 6.07) is 35.7. The summed E-state index contributed by atoms with van der Waals surface area (Å²) in [5, 5.41) is 2.53. The van der Waals surface area contributed by atoms with Crippen LogP contribution in [0.3, 0.4) is 0 Å². The van der Waals surface area contributed by atoms with Gasteiger partial charge in [0.2, 0.25) is 11.8 Å². The summed E-state index contributed by atoms with van der Waals surface area (Å²) in [7, 11) is 0. The average Bonchev–Trinajstić information content (AvgIpc) is 3.12. The van der Waals surface area contributed by atoms with E-state index in [0.29, 0.717) is 23.7 Å². The van der Waals surface area contributed by atoms with Crippen LogP contribution in [-0.2, 0) is 35.4 Å². The van der Waals surface area contributed by atoms with Gasteiger partial charge in [-0.3, -0.25) is 9.59 Å². The maximum absolute atomic E-state index is 13.9. The molecule has 0 bridgehead atoms. The smallest absolute Gasteiger partial charge is 0.416 e. The number of para-hydroxylation sites is 2. The molecule has 0 saturated heterocycles. The number of carbonyl (C=O) groups excluding carboxylic acids is 2. The van der Waals surface area contributed by atoms with Gasteiger partial charge >= 0.3 is 6.18 Å². The van der Waals surface area contributed by atoms with E-state index in [9.17, 15) is 22.8 Å². The first kappa shape index (κ1) is 35.3. The molecule has 0 heterocycles. The Hall–Kier alpha value is -5.06. The minimum Gasteiger partial charge on any atom is -0.455 e. The third-order valence-electron chi connectivity index (χ3n) is 7.90. The number of halogens is 3. The van der Waals surface area contributed by atoms with E-state index in [4.69, 9.17) is 10.5 Å². The van der Waals surface area contributed by atoms with Gasteiger partial charge in [-0.2, -0.15) is 13.2 Å². The second kappa shape index (κ2) is 16.4. The maximum atomic E-state index is 13.9. The fraction of sp³-hybridized carbons (Fsp3) is 0.179. The molecule has 0 spiro atoms. The lowest BCUT2D eigenvalue weighted by atomic mass is 10.0. The Morgan fingerprint density at radius 2 is 1.47 bits per heavy atom. The predicted octanol–water partition coefficient (Wildman–Crippen LogP) is 8.98. The molecule has 0 unspecified atom stereocenters. The van der Waals surface area contributed by atoms with Crippen LogP contribution in [0.15, 0.2) is 126 Å². The van der Waals surface area contributed by atoms with Crippen molar-refractivity contribution in [3.05, 3.63) is 144 Å². The number of thioether (sulfide) groups is 1. The molecule has 49 heavy (non-hydrogen) atoms. The van der Waals surface area contributed by atoms with Crippen molar-refractivity contribution in [3.63, 3.8) is 0 Å². The molecule has 10 heteroatoms. The number of nitrogens with one attached hydrogen (secondary N) is 1. The standard InChI is InChI=1S/C39H36F3N3O3S/c1-49-33-19-17-30(18-20-33)29-15-13-27(14-16-29)26-45(35-11-4-5-12-36(35)48-32-9-6-7-28(23-32)24-43)38(47)22-21-37(46)44-25-31-8-2-3-10-34(31)39(40,41)42/h2-20,23H,21-22,24-26,43H2,1H3,(H,44,46). The highest BCUT2D eigenvalue weighted by molar-refractivity contribution is 7.98. The fourth-order valence-electron chi connectivity index (χ4n) is 5.29. The lowest BCUT2D eigenvalue weighted by molar-refractivity contribution is -0.138. The highest BCUT2D eigenvalue weighted by atomic mass is 32.2. The number of anilines is 1. The molecule has 0 aromatic heterocycles. The van der Waals surface area contributed by atoms with Crippen LogP contribution < -0.4 is 20.7 Å². The molecule has 0 atom stereocenters. The van der Waals surface area contributed by atoms with Crippen LogP contribution in [0.2, 0.25) is 0 Å². The molecule has 5 aromatic carbocycles. The van der Waals surface area contributed by atoms with Crippen molar-refractivity contribution in [2.45, 2.75) is 43.5 Å². The van der Waals surface area contributed by atoms with E-state index in [2.05, 4.69) is 29.6 Å². The van der Waals surface area contributed by atoms with Gasteiger partial charge in [-0.15, -0.1) is 11.8 Å². The molecule has 3 N–H and O–H groups in total. The van der Waals surface area contributed by atoms with Crippen LogP contribution in [0.4, 0.5) is 18.9 Å². The van der Waals surface area contributed by atoms with Gasteiger partial charge in [-0.05, 0) is 76.5 Å². The Labute approximate surface area is 288 Å². The molecule has 0 aliphatic heterocycles. The third kappa shape index (κ3) is 9.52. The molecule has 0 saturated carbocycles. The zero-order chi connectivity index (χ0) is 34.8. The van der Waals surface area contributed by atoms with Crippen LogP contribution in [0.25, 0.3) is 11.1 Å². The SMILES string of the molecule is CSc1ccc(-c2ccc(CN(C(=O)CCC(=O)NCc3ccccc3C(F)(F)F)c3ccccc3Oc3cccc(CN)c3)cc2)cc1. The van der Waals surface area contributed by atoms with Crippen LogP contribution in [0.1, 0.15) is 35.1 Å². The number of ether oxygens (including phenoxy) is 1. The van der Waals surface area contributed by atoms with Gasteiger partial charge in [0.25, 0.3) is 0 Å². The molecule has 252 valence electrons. The molecule has 0 aliphatic rings. The van der Waals surface area contributed by atoms with Gasteiger partial charge in [0.1, 0.15) is 5.75 Å². The minimum atomic E-state index is -4.55. The van der Waals surface area contributed by atoms with Crippen molar-refractivity contribution in [3.8, 4) is 22.6 Å². The molecular formula is C39H36F3N3O3S. The van der Waals surface area contributed by atoms with Crippen LogP contribution >= 0.6 is 11.8 Å². The number of nitrogens with two attached hydrogens (primary N) is 1. The Bertz CT molecular complexity index is 1880. The Balaban J connectivity index is 1.35. The number of amides is 2. The van der Waals surface area contributed by atoms with Gasteiger partial charge in [-0.25, -0.2) is 0 Å². The van der Waals surface area contributed by atoms with Crippen molar-refractivity contribution in [2.75, 3.05) is 11.2 Å². The summed E-state index contributed by atoms with van der Waals surface area (Å²) in [6.07, 6.45) is -2.91. The van der Waals surface area contributed by atoms with E-state index in [0.717, 1.165) is 28.3 Å². The van der Waals surface area contributed by atoms with E-state index in [1.165, 1.54) is 23.1 Å². The maximum Gasteiger partial charge on any atom is 0.416 e. The molecule has 0 fully saturated rings. The highest BCUT2D eigenvalue weighted by Crippen LogP contribution is 2.35. The molecule has 0 aliphatic carbocycles. The second-order valence-electron chi connectivity index (χ2n) is 11.3. The molecule has 6 nitrogen and oxygen atoms in total. The van der Waals surface area contributed by atoms with Crippen molar-refractivity contribution in [1.82, 2.24) is 5.32 Å². The van der Waals surface area contributed by atoms with Crippen LogP contribution in [0.5, 0.6) is 11.5 Å². The lowest BCUT2D eigenvalue weighted by Gasteiger charge is -2.25. The Morgan fingerprint density at radius 3 is 2.16 bits per heavy atom. The van der Waals surface area contributed by atoms with E-state index < -0.39 is 17.6 Å². The van der Waals surface area contributed by atoms with Crippen molar-refractivity contribution < 1.29 is 27.5 Å². The third-order valence-corrected chi connectivity index (χ3v) is 8.65. The average molecular weight is 684 g/mol. The van der Waals surface area contributed by atoms with E-state index in [1.54, 1.807) is 47.0 Å². The highest BCUT2D eigenvalue weighted by Gasteiger charge is 2.33. The number of hydrogen-bond donors (Lipinski definition) is 2. The zero-order valence-corrected chi connectivity index (χ0v) is 27.7. The van der Waals surface area contributed by atoms with Gasteiger partial charge in [0, 0.05) is 30.8 Å². The van der Waals surface area contributed by atoms with Gasteiger partial charge in [0.05, 0.1) is 17.8 Å².